The van der Waals surface area contributed by atoms with Crippen LogP contribution in [-0.2, 0) is 24.3 Å². The number of halogens is 3. The highest BCUT2D eigenvalue weighted by Crippen LogP contribution is 2.29. The molecule has 3 aromatic carbocycles. The molecule has 1 aliphatic heterocycles. The number of rotatable bonds is 9. The number of pyridine rings is 1. The number of benzene rings is 3. The summed E-state index contributed by atoms with van der Waals surface area (Å²) in [5.41, 5.74) is 3.87. The van der Waals surface area contributed by atoms with Crippen LogP contribution < -0.4 is 4.74 Å². The van der Waals surface area contributed by atoms with Crippen molar-refractivity contribution < 1.29 is 28.2 Å². The van der Waals surface area contributed by atoms with Gasteiger partial charge in [-0.15, -0.1) is 0 Å². The first kappa shape index (κ1) is 31.9. The first-order valence-corrected chi connectivity index (χ1v) is 15.7. The second kappa shape index (κ2) is 13.8. The van der Waals surface area contributed by atoms with Gasteiger partial charge < -0.3 is 19.1 Å². The van der Waals surface area contributed by atoms with Gasteiger partial charge >= 0.3 is 5.97 Å². The molecule has 4 heterocycles. The van der Waals surface area contributed by atoms with Gasteiger partial charge in [0.05, 0.1) is 40.5 Å². The third-order valence-electron chi connectivity index (χ3n) is 8.05. The molecule has 244 valence electrons. The fourth-order valence-electron chi connectivity index (χ4n) is 5.37. The van der Waals surface area contributed by atoms with Crippen molar-refractivity contribution in [3.63, 3.8) is 0 Å². The standard InChI is InChI=1S/C37H26ClF2N5O4/c38-37-41-18-24(19-42-37)9-6-22-4-7-23(8-5-22)21-49-35-3-1-2-31(44-35)28-17-29(39)26(14-30(28)40)16-34-43-32-11-10-25(36(46)47)15-33(32)45(34)20-27-12-13-48-27/h1-5,7-8,10-11,14-15,17-19,27H,12-13,16,20-21H2,(H,46,47)/t27-/m0/s1. The van der Waals surface area contributed by atoms with E-state index in [1.54, 1.807) is 36.7 Å². The van der Waals surface area contributed by atoms with E-state index in [-0.39, 0.29) is 52.7 Å². The fraction of sp³-hybridized carbons (Fsp3) is 0.162. The summed E-state index contributed by atoms with van der Waals surface area (Å²) in [6, 6.07) is 19.3. The Morgan fingerprint density at radius 3 is 2.49 bits per heavy atom. The lowest BCUT2D eigenvalue weighted by molar-refractivity contribution is -0.0589. The maximum atomic E-state index is 15.6. The monoisotopic (exact) mass is 677 g/mol. The first-order chi connectivity index (χ1) is 23.8. The SMILES string of the molecule is O=C(O)c1ccc2nc(Cc3cc(F)c(-c4cccc(OCc5ccc(C#Cc6cnc(Cl)nc6)cc5)n4)cc3F)n(C[C@@H]3CCO3)c2c1. The van der Waals surface area contributed by atoms with Gasteiger partial charge in [0.2, 0.25) is 11.2 Å². The molecule has 0 amide bonds. The lowest BCUT2D eigenvalue weighted by Gasteiger charge is -2.27. The molecule has 3 aromatic heterocycles. The topological polar surface area (TPSA) is 112 Å². The van der Waals surface area contributed by atoms with E-state index in [0.717, 1.165) is 29.7 Å². The van der Waals surface area contributed by atoms with Crippen LogP contribution in [0, 0.1) is 23.5 Å². The molecule has 9 nitrogen and oxygen atoms in total. The number of carbonyl (C=O) groups is 1. The molecule has 1 N–H and O–H groups in total. The second-order valence-corrected chi connectivity index (χ2v) is 11.7. The molecule has 49 heavy (non-hydrogen) atoms. The Balaban J connectivity index is 1.06. The number of aromatic carboxylic acids is 1. The van der Waals surface area contributed by atoms with Gasteiger partial charge in [-0.3, -0.25) is 0 Å². The normalized spacial score (nSPS) is 13.8. The Morgan fingerprint density at radius 1 is 0.980 bits per heavy atom. The van der Waals surface area contributed by atoms with Gasteiger partial charge in [0.1, 0.15) is 24.1 Å². The van der Waals surface area contributed by atoms with E-state index in [9.17, 15) is 9.90 Å². The van der Waals surface area contributed by atoms with Crippen LogP contribution in [0.5, 0.6) is 5.88 Å². The highest BCUT2D eigenvalue weighted by atomic mass is 35.5. The molecule has 0 unspecified atom stereocenters. The van der Waals surface area contributed by atoms with Crippen LogP contribution in [0.4, 0.5) is 8.78 Å². The number of ether oxygens (including phenoxy) is 2. The maximum Gasteiger partial charge on any atom is 0.335 e. The van der Waals surface area contributed by atoms with Crippen LogP contribution in [0.1, 0.15) is 44.9 Å². The molecule has 1 aliphatic rings. The minimum atomic E-state index is -1.06. The number of carboxylic acid groups (broad SMARTS) is 1. The third-order valence-corrected chi connectivity index (χ3v) is 8.25. The van der Waals surface area contributed by atoms with Crippen LogP contribution in [0.2, 0.25) is 5.28 Å². The van der Waals surface area contributed by atoms with Crippen LogP contribution in [0.3, 0.4) is 0 Å². The summed E-state index contributed by atoms with van der Waals surface area (Å²) >= 11 is 5.71. The van der Waals surface area contributed by atoms with Crippen LogP contribution >= 0.6 is 11.6 Å². The molecular formula is C37H26ClF2N5O4. The minimum absolute atomic E-state index is 0.0106. The molecular weight excluding hydrogens is 652 g/mol. The average molecular weight is 678 g/mol. The molecule has 0 bridgehead atoms. The molecule has 0 radical (unpaired) electrons. The molecule has 0 spiro atoms. The van der Waals surface area contributed by atoms with Crippen molar-refractivity contribution in [2.75, 3.05) is 6.61 Å². The predicted molar refractivity (Wildman–Crippen MR) is 177 cm³/mol. The summed E-state index contributed by atoms with van der Waals surface area (Å²) in [6.45, 7) is 1.26. The van der Waals surface area contributed by atoms with Crippen molar-refractivity contribution >= 4 is 28.6 Å². The fourth-order valence-corrected chi connectivity index (χ4v) is 5.47. The minimum Gasteiger partial charge on any atom is -0.478 e. The number of carboxylic acids is 1. The Bertz CT molecular complexity index is 2240. The first-order valence-electron chi connectivity index (χ1n) is 15.3. The average Bonchev–Trinajstić information content (AvgIpc) is 3.43. The maximum absolute atomic E-state index is 15.6. The summed E-state index contributed by atoms with van der Waals surface area (Å²) in [4.78, 5) is 28.5. The number of hydrogen-bond acceptors (Lipinski definition) is 7. The largest absolute Gasteiger partial charge is 0.478 e. The Hall–Kier alpha value is -5.70. The highest BCUT2D eigenvalue weighted by Gasteiger charge is 2.23. The van der Waals surface area contributed by atoms with Crippen molar-refractivity contribution in [3.8, 4) is 29.0 Å². The third kappa shape index (κ3) is 7.26. The van der Waals surface area contributed by atoms with Crippen molar-refractivity contribution in [1.29, 1.82) is 0 Å². The number of imidazole rings is 1. The Kier molecular flexibility index (Phi) is 8.98. The smallest absolute Gasteiger partial charge is 0.335 e. The zero-order chi connectivity index (χ0) is 33.9. The zero-order valence-electron chi connectivity index (χ0n) is 25.7. The number of fused-ring (bicyclic) bond motifs is 1. The van der Waals surface area contributed by atoms with Crippen molar-refractivity contribution in [3.05, 3.63) is 136 Å². The number of hydrogen-bond donors (Lipinski definition) is 1. The molecule has 0 saturated carbocycles. The molecule has 1 fully saturated rings. The quantitative estimate of drug-likeness (QED) is 0.130. The van der Waals surface area contributed by atoms with E-state index in [1.165, 1.54) is 12.1 Å². The number of aromatic nitrogens is 5. The summed E-state index contributed by atoms with van der Waals surface area (Å²) in [5.74, 6) is 4.40. The van der Waals surface area contributed by atoms with Crippen LogP contribution in [0.15, 0.2) is 85.2 Å². The zero-order valence-corrected chi connectivity index (χ0v) is 26.5. The van der Waals surface area contributed by atoms with Gasteiger partial charge in [0.15, 0.2) is 0 Å². The summed E-state index contributed by atoms with van der Waals surface area (Å²) in [5, 5.41) is 9.65. The van der Waals surface area contributed by atoms with E-state index < -0.39 is 17.6 Å². The van der Waals surface area contributed by atoms with Gasteiger partial charge in [0.25, 0.3) is 0 Å². The summed E-state index contributed by atoms with van der Waals surface area (Å²) in [7, 11) is 0. The van der Waals surface area contributed by atoms with E-state index in [2.05, 4.69) is 31.8 Å². The molecule has 0 aliphatic carbocycles. The van der Waals surface area contributed by atoms with E-state index in [0.29, 0.717) is 35.6 Å². The van der Waals surface area contributed by atoms with Gasteiger partial charge in [-0.2, -0.15) is 0 Å². The lowest BCUT2D eigenvalue weighted by atomic mass is 10.0. The van der Waals surface area contributed by atoms with Crippen LogP contribution in [-0.4, -0.2) is 48.3 Å². The lowest BCUT2D eigenvalue weighted by Crippen LogP contribution is -2.31. The van der Waals surface area contributed by atoms with Crippen molar-refractivity contribution in [2.45, 2.75) is 32.1 Å². The van der Waals surface area contributed by atoms with Crippen molar-refractivity contribution in [2.24, 2.45) is 0 Å². The predicted octanol–water partition coefficient (Wildman–Crippen LogP) is 6.88. The van der Waals surface area contributed by atoms with Gasteiger partial charge in [-0.1, -0.05) is 30.0 Å². The molecule has 1 atom stereocenters. The number of nitrogens with zero attached hydrogens (tertiary/aromatic N) is 5. The summed E-state index contributed by atoms with van der Waals surface area (Å²) in [6.07, 6.45) is 3.86. The summed E-state index contributed by atoms with van der Waals surface area (Å²) < 4.78 is 44.4. The Labute approximate surface area is 284 Å². The van der Waals surface area contributed by atoms with E-state index in [4.69, 9.17) is 21.1 Å². The Morgan fingerprint density at radius 2 is 1.76 bits per heavy atom. The highest BCUT2D eigenvalue weighted by molar-refractivity contribution is 6.28. The second-order valence-electron chi connectivity index (χ2n) is 11.4. The molecule has 7 rings (SSSR count). The molecule has 12 heteroatoms. The van der Waals surface area contributed by atoms with Gasteiger partial charge in [0, 0.05) is 42.6 Å². The van der Waals surface area contributed by atoms with Crippen LogP contribution in [0.25, 0.3) is 22.3 Å². The van der Waals surface area contributed by atoms with Gasteiger partial charge in [-0.25, -0.2) is 33.5 Å². The van der Waals surface area contributed by atoms with Crippen molar-refractivity contribution in [1.82, 2.24) is 24.5 Å². The molecule has 1 saturated heterocycles. The molecule has 6 aromatic rings. The van der Waals surface area contributed by atoms with E-state index in [1.807, 2.05) is 28.8 Å². The van der Waals surface area contributed by atoms with Gasteiger partial charge in [-0.05, 0) is 77.7 Å². The van der Waals surface area contributed by atoms with E-state index >= 15 is 8.78 Å².